The Hall–Kier alpha value is -3.18. The number of benzene rings is 2. The Morgan fingerprint density at radius 2 is 0.800 bits per heavy atom. The van der Waals surface area contributed by atoms with Crippen LogP contribution in [0.1, 0.15) is 67.1 Å². The highest BCUT2D eigenvalue weighted by Gasteiger charge is 2.39. The van der Waals surface area contributed by atoms with E-state index >= 15 is 0 Å². The van der Waals surface area contributed by atoms with Crippen molar-refractivity contribution in [1.82, 2.24) is 9.80 Å². The summed E-state index contributed by atoms with van der Waals surface area (Å²) < 4.78 is 1.52. The van der Waals surface area contributed by atoms with Crippen LogP contribution < -0.4 is 11.5 Å². The van der Waals surface area contributed by atoms with Crippen molar-refractivity contribution in [3.63, 3.8) is 0 Å². The van der Waals surface area contributed by atoms with Gasteiger partial charge in [-0.3, -0.25) is 29.0 Å². The number of hydrogen-bond acceptors (Lipinski definition) is 6. The summed E-state index contributed by atoms with van der Waals surface area (Å²) in [7, 11) is 8.47. The van der Waals surface area contributed by atoms with Gasteiger partial charge in [-0.05, 0) is 37.4 Å². The minimum absolute atomic E-state index is 0.304. The second-order valence-corrected chi connectivity index (χ2v) is 12.4. The van der Waals surface area contributed by atoms with Crippen molar-refractivity contribution in [2.45, 2.75) is 25.7 Å². The molecule has 0 saturated heterocycles. The summed E-state index contributed by atoms with van der Waals surface area (Å²) in [6.45, 7) is 5.33. The molecule has 40 heavy (non-hydrogen) atoms. The Morgan fingerprint density at radius 1 is 0.525 bits per heavy atom. The van der Waals surface area contributed by atoms with Crippen LogP contribution in [0.25, 0.3) is 10.8 Å². The van der Waals surface area contributed by atoms with Crippen LogP contribution in [-0.2, 0) is 0 Å². The fourth-order valence-electron chi connectivity index (χ4n) is 5.96. The van der Waals surface area contributed by atoms with Crippen molar-refractivity contribution in [3.8, 4) is 0 Å². The highest BCUT2D eigenvalue weighted by Crippen LogP contribution is 2.38. The minimum Gasteiger partial charge on any atom is -0.330 e. The molecule has 0 aromatic heterocycles. The van der Waals surface area contributed by atoms with Gasteiger partial charge in [0.2, 0.25) is 0 Å². The van der Waals surface area contributed by atoms with Gasteiger partial charge in [0, 0.05) is 71.8 Å². The van der Waals surface area contributed by atoms with Gasteiger partial charge in [0.25, 0.3) is 23.6 Å². The molecule has 10 heteroatoms. The van der Waals surface area contributed by atoms with Crippen LogP contribution in [0.15, 0.2) is 24.3 Å². The molecule has 0 atom stereocenters. The van der Waals surface area contributed by atoms with Crippen molar-refractivity contribution >= 4 is 34.4 Å². The van der Waals surface area contributed by atoms with Crippen molar-refractivity contribution in [3.05, 3.63) is 46.5 Å². The lowest BCUT2D eigenvalue weighted by Gasteiger charge is -2.34. The van der Waals surface area contributed by atoms with E-state index in [4.69, 9.17) is 11.5 Å². The van der Waals surface area contributed by atoms with Crippen LogP contribution in [0.4, 0.5) is 0 Å². The molecule has 10 nitrogen and oxygen atoms in total. The second kappa shape index (κ2) is 11.7. The first kappa shape index (κ1) is 29.8. The summed E-state index contributed by atoms with van der Waals surface area (Å²) in [5, 5.41) is 0.836. The van der Waals surface area contributed by atoms with Gasteiger partial charge in [-0.25, -0.2) is 0 Å². The fourth-order valence-corrected chi connectivity index (χ4v) is 5.96. The summed E-state index contributed by atoms with van der Waals surface area (Å²) in [6.07, 6.45) is 3.15. The summed E-state index contributed by atoms with van der Waals surface area (Å²) in [5.74, 6) is -1.52. The Balaban J connectivity index is 1.55. The first-order chi connectivity index (χ1) is 18.9. The maximum atomic E-state index is 13.5. The molecule has 2 aliphatic rings. The van der Waals surface area contributed by atoms with Crippen molar-refractivity contribution in [2.75, 3.05) is 80.5 Å². The van der Waals surface area contributed by atoms with Crippen LogP contribution in [-0.4, -0.2) is 123 Å². The maximum absolute atomic E-state index is 13.5. The second-order valence-electron chi connectivity index (χ2n) is 12.4. The quantitative estimate of drug-likeness (QED) is 0.271. The fraction of sp³-hybridized carbons (Fsp3) is 0.533. The van der Waals surface area contributed by atoms with E-state index in [0.717, 1.165) is 48.0 Å². The summed E-state index contributed by atoms with van der Waals surface area (Å²) in [5.41, 5.74) is 12.8. The highest BCUT2D eigenvalue weighted by molar-refractivity contribution is 6.33. The van der Waals surface area contributed by atoms with E-state index in [1.807, 2.05) is 0 Å². The topological polar surface area (TPSA) is 127 Å². The molecule has 0 bridgehead atoms. The summed E-state index contributed by atoms with van der Waals surface area (Å²) in [6, 6.07) is 6.53. The molecule has 216 valence electrons. The lowest BCUT2D eigenvalue weighted by Crippen LogP contribution is -2.46. The monoisotopic (exact) mass is 552 g/mol. The van der Waals surface area contributed by atoms with E-state index in [-0.39, 0.29) is 23.6 Å². The number of nitrogens with two attached hydrogens (primary N) is 2. The van der Waals surface area contributed by atoms with E-state index in [0.29, 0.717) is 72.0 Å². The number of amides is 4. The molecule has 0 spiro atoms. The number of quaternary nitrogens is 2. The molecule has 0 aliphatic carbocycles. The standard InChI is InChI=1S/C30H44N6O4/c1-35(2,17-5-13-31)19-7-15-33-27(37)21-9-11-23-26-24(12-10-22(25(21)26)28(33)38)30(40)34(29(23)39)16-8-20-36(3,4)18-6-14-32/h9-12H,5-8,13-20,31-32H2,1-4H3/q+2. The van der Waals surface area contributed by atoms with Crippen LogP contribution in [0, 0.1) is 0 Å². The van der Waals surface area contributed by atoms with E-state index in [1.165, 1.54) is 9.80 Å². The number of rotatable bonds is 14. The molecule has 0 fully saturated rings. The molecule has 4 amide bonds. The zero-order valence-corrected chi connectivity index (χ0v) is 24.4. The van der Waals surface area contributed by atoms with E-state index in [2.05, 4.69) is 28.2 Å². The molecule has 2 aliphatic heterocycles. The van der Waals surface area contributed by atoms with Gasteiger partial charge in [-0.1, -0.05) is 0 Å². The molecular weight excluding hydrogens is 508 g/mol. The van der Waals surface area contributed by atoms with Gasteiger partial charge in [-0.2, -0.15) is 0 Å². The Kier molecular flexibility index (Phi) is 8.75. The normalized spacial score (nSPS) is 15.6. The predicted octanol–water partition coefficient (Wildman–Crippen LogP) is 1.66. The van der Waals surface area contributed by atoms with Gasteiger partial charge in [-0.15, -0.1) is 0 Å². The minimum atomic E-state index is -0.381. The van der Waals surface area contributed by atoms with E-state index in [9.17, 15) is 19.2 Å². The molecule has 2 aromatic carbocycles. The SMILES string of the molecule is C[N+](C)(CCCN)CCCN1C(=O)c2ccc3c4c(ccc(c24)C1=O)C(=O)N(CCC[N+](C)(C)CCCN)C3=O. The molecule has 0 radical (unpaired) electrons. The third-order valence-electron chi connectivity index (χ3n) is 8.29. The number of carbonyl (C=O) groups is 4. The zero-order chi connectivity index (χ0) is 29.2. The van der Waals surface area contributed by atoms with Crippen LogP contribution in [0.3, 0.4) is 0 Å². The van der Waals surface area contributed by atoms with Crippen molar-refractivity contribution in [2.24, 2.45) is 11.5 Å². The van der Waals surface area contributed by atoms with Gasteiger partial charge in [0.15, 0.2) is 0 Å². The lowest BCUT2D eigenvalue weighted by atomic mass is 9.86. The predicted molar refractivity (Wildman–Crippen MR) is 155 cm³/mol. The van der Waals surface area contributed by atoms with Crippen LogP contribution in [0.5, 0.6) is 0 Å². The smallest absolute Gasteiger partial charge is 0.261 e. The largest absolute Gasteiger partial charge is 0.330 e. The summed E-state index contributed by atoms with van der Waals surface area (Å²) in [4.78, 5) is 56.6. The lowest BCUT2D eigenvalue weighted by molar-refractivity contribution is -0.890. The molecule has 2 heterocycles. The average molecular weight is 553 g/mol. The van der Waals surface area contributed by atoms with Gasteiger partial charge >= 0.3 is 0 Å². The van der Waals surface area contributed by atoms with Crippen LogP contribution in [0.2, 0.25) is 0 Å². The third-order valence-corrected chi connectivity index (χ3v) is 8.29. The van der Waals surface area contributed by atoms with Crippen LogP contribution >= 0.6 is 0 Å². The number of hydrogen-bond donors (Lipinski definition) is 2. The van der Waals surface area contributed by atoms with E-state index < -0.39 is 0 Å². The Bertz CT molecular complexity index is 1160. The highest BCUT2D eigenvalue weighted by atomic mass is 16.2. The third kappa shape index (κ3) is 5.81. The molecule has 0 unspecified atom stereocenters. The van der Waals surface area contributed by atoms with Gasteiger partial charge in [0.1, 0.15) is 0 Å². The number of imide groups is 2. The van der Waals surface area contributed by atoms with Gasteiger partial charge in [0.05, 0.1) is 54.4 Å². The zero-order valence-electron chi connectivity index (χ0n) is 24.4. The van der Waals surface area contributed by atoms with E-state index in [1.54, 1.807) is 24.3 Å². The number of carbonyl (C=O) groups excluding carboxylic acids is 4. The number of nitrogens with zero attached hydrogens (tertiary/aromatic N) is 4. The molecule has 4 rings (SSSR count). The Morgan fingerprint density at radius 3 is 1.07 bits per heavy atom. The Labute approximate surface area is 236 Å². The summed E-state index contributed by atoms with van der Waals surface area (Å²) >= 11 is 0. The van der Waals surface area contributed by atoms with Crippen molar-refractivity contribution < 1.29 is 28.1 Å². The molecule has 4 N–H and O–H groups in total. The average Bonchev–Trinajstić information content (AvgIpc) is 2.91. The molecular formula is C30H44N6O4+2. The molecule has 0 saturated carbocycles. The molecule has 2 aromatic rings. The van der Waals surface area contributed by atoms with Crippen molar-refractivity contribution in [1.29, 1.82) is 0 Å². The first-order valence-corrected chi connectivity index (χ1v) is 14.3. The maximum Gasteiger partial charge on any atom is 0.261 e. The first-order valence-electron chi connectivity index (χ1n) is 14.3. The van der Waals surface area contributed by atoms with Gasteiger partial charge < -0.3 is 20.4 Å².